The maximum atomic E-state index is 13.7. The van der Waals surface area contributed by atoms with Crippen molar-refractivity contribution in [2.45, 2.75) is 6.92 Å². The van der Waals surface area contributed by atoms with Crippen LogP contribution in [0.2, 0.25) is 0 Å². The van der Waals surface area contributed by atoms with Crippen molar-refractivity contribution in [3.05, 3.63) is 63.2 Å². The molecule has 1 amide bonds. The lowest BCUT2D eigenvalue weighted by atomic mass is 10.2. The van der Waals surface area contributed by atoms with E-state index < -0.39 is 0 Å². The highest BCUT2D eigenvalue weighted by atomic mass is 79.9. The number of carbonyl (C=O) groups excluding carboxylic acids is 1. The smallest absolute Gasteiger partial charge is 0.265 e. The second-order valence-corrected chi connectivity index (χ2v) is 6.64. The average molecular weight is 364 g/mol. The van der Waals surface area contributed by atoms with Gasteiger partial charge in [0.2, 0.25) is 0 Å². The second kappa shape index (κ2) is 5.58. The van der Waals surface area contributed by atoms with Crippen molar-refractivity contribution >= 4 is 48.9 Å². The van der Waals surface area contributed by atoms with Crippen LogP contribution in [-0.2, 0) is 0 Å². The summed E-state index contributed by atoms with van der Waals surface area (Å²) in [5.74, 6) is -0.542. The van der Waals surface area contributed by atoms with E-state index in [0.717, 1.165) is 14.7 Å². The molecule has 3 rings (SSSR count). The predicted molar refractivity (Wildman–Crippen MR) is 88.6 cm³/mol. The predicted octanol–water partition coefficient (Wildman–Crippen LogP) is 5.36. The molecular weight excluding hydrogens is 353 g/mol. The third-order valence-electron chi connectivity index (χ3n) is 3.10. The van der Waals surface area contributed by atoms with E-state index in [1.165, 1.54) is 17.4 Å². The van der Waals surface area contributed by atoms with Gasteiger partial charge in [-0.15, -0.1) is 11.3 Å². The molecule has 0 fully saturated rings. The number of thiophene rings is 1. The first-order valence-electron chi connectivity index (χ1n) is 6.30. The van der Waals surface area contributed by atoms with Gasteiger partial charge in [0.15, 0.2) is 0 Å². The summed E-state index contributed by atoms with van der Waals surface area (Å²) in [5.41, 5.74) is 1.80. The largest absolute Gasteiger partial charge is 0.320 e. The van der Waals surface area contributed by atoms with Gasteiger partial charge in [-0.3, -0.25) is 4.79 Å². The summed E-state index contributed by atoms with van der Waals surface area (Å²) in [5, 5.41) is 3.32. The van der Waals surface area contributed by atoms with E-state index >= 15 is 0 Å². The minimum absolute atomic E-state index is 0.236. The molecule has 0 bridgehead atoms. The summed E-state index contributed by atoms with van der Waals surface area (Å²) in [6.07, 6.45) is 0. The van der Waals surface area contributed by atoms with E-state index in [2.05, 4.69) is 21.2 Å². The van der Waals surface area contributed by atoms with Gasteiger partial charge < -0.3 is 5.32 Å². The van der Waals surface area contributed by atoms with E-state index in [9.17, 15) is 9.18 Å². The van der Waals surface area contributed by atoms with Crippen molar-refractivity contribution in [3.63, 3.8) is 0 Å². The molecule has 1 heterocycles. The number of benzene rings is 2. The molecule has 0 aliphatic rings. The number of anilines is 1. The Morgan fingerprint density at radius 1 is 1.24 bits per heavy atom. The first kappa shape index (κ1) is 14.2. The molecule has 0 spiro atoms. The summed E-state index contributed by atoms with van der Waals surface area (Å²) >= 11 is 4.70. The molecule has 0 atom stereocenters. The first-order valence-corrected chi connectivity index (χ1v) is 7.91. The average Bonchev–Trinajstić information content (AvgIpc) is 2.87. The summed E-state index contributed by atoms with van der Waals surface area (Å²) in [6, 6.07) is 12.1. The summed E-state index contributed by atoms with van der Waals surface area (Å²) in [4.78, 5) is 12.8. The number of halogens is 2. The Morgan fingerprint density at radius 3 is 2.76 bits per heavy atom. The number of amides is 1. The van der Waals surface area contributed by atoms with E-state index in [1.54, 1.807) is 12.1 Å². The molecule has 1 aromatic heterocycles. The number of hydrogen-bond donors (Lipinski definition) is 1. The van der Waals surface area contributed by atoms with Crippen LogP contribution in [0.15, 0.2) is 46.9 Å². The van der Waals surface area contributed by atoms with E-state index in [1.807, 2.05) is 31.2 Å². The fraction of sp³-hybridized carbons (Fsp3) is 0.0625. The molecule has 0 unspecified atom stereocenters. The van der Waals surface area contributed by atoms with Crippen LogP contribution in [0.25, 0.3) is 10.1 Å². The summed E-state index contributed by atoms with van der Waals surface area (Å²) in [6.45, 7) is 1.98. The van der Waals surface area contributed by atoms with Crippen LogP contribution in [0.5, 0.6) is 0 Å². The summed E-state index contributed by atoms with van der Waals surface area (Å²) < 4.78 is 15.3. The molecule has 106 valence electrons. The van der Waals surface area contributed by atoms with Gasteiger partial charge in [0, 0.05) is 14.6 Å². The molecule has 2 aromatic carbocycles. The van der Waals surface area contributed by atoms with Crippen LogP contribution in [-0.4, -0.2) is 5.91 Å². The van der Waals surface area contributed by atoms with Crippen molar-refractivity contribution in [1.29, 1.82) is 0 Å². The molecule has 5 heteroatoms. The van der Waals surface area contributed by atoms with Gasteiger partial charge in [-0.2, -0.15) is 0 Å². The van der Waals surface area contributed by atoms with Crippen LogP contribution in [0.3, 0.4) is 0 Å². The first-order chi connectivity index (χ1) is 10.0. The van der Waals surface area contributed by atoms with Crippen LogP contribution in [0.1, 0.15) is 15.2 Å². The zero-order chi connectivity index (χ0) is 15.0. The normalized spacial score (nSPS) is 10.8. The monoisotopic (exact) mass is 363 g/mol. The van der Waals surface area contributed by atoms with Crippen molar-refractivity contribution in [3.8, 4) is 0 Å². The Labute approximate surface area is 133 Å². The highest BCUT2D eigenvalue weighted by Crippen LogP contribution is 2.29. The SMILES string of the molecule is Cc1ccc(NC(=O)c2cc3c(F)cccc3s2)c(Br)c1. The highest BCUT2D eigenvalue weighted by molar-refractivity contribution is 9.10. The second-order valence-electron chi connectivity index (χ2n) is 4.70. The Bertz CT molecular complexity index is 843. The van der Waals surface area contributed by atoms with E-state index in [-0.39, 0.29) is 11.7 Å². The molecule has 1 N–H and O–H groups in total. The van der Waals surface area contributed by atoms with Gasteiger partial charge in [-0.1, -0.05) is 12.1 Å². The topological polar surface area (TPSA) is 29.1 Å². The molecule has 21 heavy (non-hydrogen) atoms. The third kappa shape index (κ3) is 2.84. The number of rotatable bonds is 2. The number of fused-ring (bicyclic) bond motifs is 1. The molecule has 0 aliphatic carbocycles. The lowest BCUT2D eigenvalue weighted by Crippen LogP contribution is -2.10. The van der Waals surface area contributed by atoms with Gasteiger partial charge in [0.1, 0.15) is 5.82 Å². The van der Waals surface area contributed by atoms with Gasteiger partial charge in [0.25, 0.3) is 5.91 Å². The van der Waals surface area contributed by atoms with Gasteiger partial charge >= 0.3 is 0 Å². The Hall–Kier alpha value is -1.72. The summed E-state index contributed by atoms with van der Waals surface area (Å²) in [7, 11) is 0. The van der Waals surface area contributed by atoms with Gasteiger partial charge in [-0.25, -0.2) is 4.39 Å². The molecule has 0 saturated carbocycles. The molecule has 0 radical (unpaired) electrons. The van der Waals surface area contributed by atoms with Crippen molar-refractivity contribution in [1.82, 2.24) is 0 Å². The number of hydrogen-bond acceptors (Lipinski definition) is 2. The highest BCUT2D eigenvalue weighted by Gasteiger charge is 2.13. The Morgan fingerprint density at radius 2 is 2.05 bits per heavy atom. The quantitative estimate of drug-likeness (QED) is 0.651. The van der Waals surface area contributed by atoms with Crippen molar-refractivity contribution in [2.75, 3.05) is 5.32 Å². The lowest BCUT2D eigenvalue weighted by Gasteiger charge is -2.06. The van der Waals surface area contributed by atoms with Crippen LogP contribution >= 0.6 is 27.3 Å². The van der Waals surface area contributed by atoms with Crippen molar-refractivity contribution < 1.29 is 9.18 Å². The third-order valence-corrected chi connectivity index (χ3v) is 4.86. The molecule has 0 saturated heterocycles. The van der Waals surface area contributed by atoms with Crippen molar-refractivity contribution in [2.24, 2.45) is 0 Å². The maximum absolute atomic E-state index is 13.7. The number of aryl methyl sites for hydroxylation is 1. The Balaban J connectivity index is 1.92. The zero-order valence-electron chi connectivity index (χ0n) is 11.1. The Kier molecular flexibility index (Phi) is 3.78. The molecule has 2 nitrogen and oxygen atoms in total. The fourth-order valence-corrected chi connectivity index (χ4v) is 3.61. The van der Waals surface area contributed by atoms with E-state index in [0.29, 0.717) is 16.0 Å². The number of nitrogens with one attached hydrogen (secondary N) is 1. The van der Waals surface area contributed by atoms with Crippen LogP contribution < -0.4 is 5.32 Å². The standard InChI is InChI=1S/C16H11BrFNOS/c1-9-5-6-13(11(17)7-9)19-16(20)15-8-10-12(18)3-2-4-14(10)21-15/h2-8H,1H3,(H,19,20). The van der Waals surface area contributed by atoms with Crippen LogP contribution in [0.4, 0.5) is 10.1 Å². The molecular formula is C16H11BrFNOS. The van der Waals surface area contributed by atoms with E-state index in [4.69, 9.17) is 0 Å². The minimum Gasteiger partial charge on any atom is -0.320 e. The van der Waals surface area contributed by atoms with Gasteiger partial charge in [0.05, 0.1) is 10.6 Å². The molecule has 0 aliphatic heterocycles. The lowest BCUT2D eigenvalue weighted by molar-refractivity contribution is 0.103. The minimum atomic E-state index is -0.306. The fourth-order valence-electron chi connectivity index (χ4n) is 2.04. The number of carbonyl (C=O) groups is 1. The van der Waals surface area contributed by atoms with Gasteiger partial charge in [-0.05, 0) is 58.7 Å². The zero-order valence-corrected chi connectivity index (χ0v) is 13.5. The van der Waals surface area contributed by atoms with Crippen LogP contribution in [0, 0.1) is 12.7 Å². The molecule has 3 aromatic rings. The maximum Gasteiger partial charge on any atom is 0.265 e.